The van der Waals surface area contributed by atoms with Crippen molar-refractivity contribution in [2.75, 3.05) is 102 Å². The Hall–Kier alpha value is -5.06. The lowest BCUT2D eigenvalue weighted by molar-refractivity contribution is -0.128. The van der Waals surface area contributed by atoms with Crippen molar-refractivity contribution in [1.82, 2.24) is 18.4 Å². The molecule has 2 saturated heterocycles. The number of amides is 2. The number of piperazine rings is 2. The average Bonchev–Trinajstić information content (AvgIpc) is 3.34. The van der Waals surface area contributed by atoms with E-state index in [1.54, 1.807) is 9.80 Å². The third kappa shape index (κ3) is 19.2. The van der Waals surface area contributed by atoms with Gasteiger partial charge in [-0.3, -0.25) is 9.59 Å². The number of rotatable bonds is 15. The first kappa shape index (κ1) is 62.5. The van der Waals surface area contributed by atoms with Crippen LogP contribution in [0.3, 0.4) is 0 Å². The molecule has 0 saturated carbocycles. The maximum Gasteiger partial charge on any atom is 0.410 e. The number of nitrogens with two attached hydrogens (primary N) is 1. The summed E-state index contributed by atoms with van der Waals surface area (Å²) in [7, 11) is -4.85. The highest BCUT2D eigenvalue weighted by atomic mass is 35.5. The van der Waals surface area contributed by atoms with E-state index in [2.05, 4.69) is 14.5 Å². The molecule has 24 heteroatoms. The highest BCUT2D eigenvalue weighted by molar-refractivity contribution is 7.89. The number of Topliss-reactive ketones (excluding diaryl/α,β-unsaturated/α-hetero) is 1. The van der Waals surface area contributed by atoms with Gasteiger partial charge in [0.15, 0.2) is 0 Å². The molecule has 2 fully saturated rings. The smallest absolute Gasteiger partial charge is 0.410 e. The lowest BCUT2D eigenvalue weighted by atomic mass is 10.1. The molecule has 0 aromatic heterocycles. The zero-order valence-corrected chi connectivity index (χ0v) is 48.1. The summed E-state index contributed by atoms with van der Waals surface area (Å²) < 4.78 is 67.3. The van der Waals surface area contributed by atoms with Gasteiger partial charge >= 0.3 is 12.2 Å². The predicted octanol–water partition coefficient (Wildman–Crippen LogP) is 8.99. The summed E-state index contributed by atoms with van der Waals surface area (Å²) in [5.41, 5.74) is 8.51. The number of hydrogen-bond donors (Lipinski definition) is 1. The summed E-state index contributed by atoms with van der Waals surface area (Å²) in [4.78, 5) is 54.5. The minimum absolute atomic E-state index is 0.0256. The van der Waals surface area contributed by atoms with Crippen LogP contribution in [0.25, 0.3) is 0 Å². The number of anilines is 3. The molecule has 0 bridgehead atoms. The molecule has 2 aliphatic rings. The highest BCUT2D eigenvalue weighted by Crippen LogP contribution is 2.32. The Bertz CT molecular complexity index is 2780. The zero-order valence-electron chi connectivity index (χ0n) is 43.4. The van der Waals surface area contributed by atoms with Gasteiger partial charge in [-0.25, -0.2) is 30.7 Å². The molecule has 0 spiro atoms. The SMILES string of the molecule is CC(C)(C)OC(=O)N1CCN(c2ccc(N)cc2)CC1.CN(CCC(=O)Cc1ccc(N2CCN(C(=O)OC(C)(C)C)CC2)cc1)S(=O)(=O)c1cccc(Cl)c1Cl.CN(CCOC=O)S(=O)(=O)c1cccc(Cl)c1Cl. The van der Waals surface area contributed by atoms with E-state index in [9.17, 15) is 36.0 Å². The number of nitrogen functional groups attached to an aromatic ring is 1. The summed E-state index contributed by atoms with van der Waals surface area (Å²) in [6.45, 7) is 17.0. The van der Waals surface area contributed by atoms with Gasteiger partial charge in [-0.15, -0.1) is 0 Å². The summed E-state index contributed by atoms with van der Waals surface area (Å²) in [5.74, 6) is -0.0713. The van der Waals surface area contributed by atoms with Crippen molar-refractivity contribution >= 4 is 108 Å². The Morgan fingerprint density at radius 2 is 0.987 bits per heavy atom. The predicted molar refractivity (Wildman–Crippen MR) is 295 cm³/mol. The van der Waals surface area contributed by atoms with E-state index in [1.165, 1.54) is 50.5 Å². The van der Waals surface area contributed by atoms with Crippen LogP contribution in [0, 0.1) is 0 Å². The monoisotopic (exact) mass is 1160 g/mol. The number of ketones is 1. The molecule has 2 amide bonds. The van der Waals surface area contributed by atoms with Crippen molar-refractivity contribution in [2.45, 2.75) is 75.4 Å². The molecular formula is C51H67Cl4N7O11S2. The van der Waals surface area contributed by atoms with Crippen LogP contribution in [0.1, 0.15) is 53.5 Å². The molecule has 412 valence electrons. The van der Waals surface area contributed by atoms with Gasteiger partial charge in [-0.05, 0) is 108 Å². The largest absolute Gasteiger partial charge is 0.466 e. The molecule has 0 radical (unpaired) electrons. The van der Waals surface area contributed by atoms with Crippen molar-refractivity contribution in [3.63, 3.8) is 0 Å². The number of carbonyl (C=O) groups is 4. The van der Waals surface area contributed by atoms with E-state index < -0.39 is 31.2 Å². The van der Waals surface area contributed by atoms with Gasteiger partial charge in [-0.1, -0.05) is 70.7 Å². The van der Waals surface area contributed by atoms with Gasteiger partial charge in [-0.2, -0.15) is 4.31 Å². The fourth-order valence-corrected chi connectivity index (χ4v) is 11.0. The van der Waals surface area contributed by atoms with Gasteiger partial charge in [0, 0.05) is 109 Å². The first-order valence-corrected chi connectivity index (χ1v) is 28.2. The molecule has 0 atom stereocenters. The quantitative estimate of drug-likeness (QED) is 0.0510. The first-order valence-electron chi connectivity index (χ1n) is 23.8. The molecule has 75 heavy (non-hydrogen) atoms. The summed E-state index contributed by atoms with van der Waals surface area (Å²) in [5, 5.41) is 0.256. The van der Waals surface area contributed by atoms with Gasteiger partial charge in [0.2, 0.25) is 20.0 Å². The van der Waals surface area contributed by atoms with Crippen molar-refractivity contribution in [3.05, 3.63) is 111 Å². The number of ether oxygens (including phenoxy) is 3. The minimum atomic E-state index is -3.87. The van der Waals surface area contributed by atoms with Gasteiger partial charge in [0.05, 0.1) is 20.1 Å². The molecule has 2 heterocycles. The number of sulfonamides is 2. The van der Waals surface area contributed by atoms with Crippen molar-refractivity contribution in [1.29, 1.82) is 0 Å². The second-order valence-electron chi connectivity index (χ2n) is 19.4. The lowest BCUT2D eigenvalue weighted by Gasteiger charge is -2.36. The fraction of sp³-hybridized carbons (Fsp3) is 0.451. The number of nitrogens with zero attached hydrogens (tertiary/aromatic N) is 6. The Morgan fingerprint density at radius 3 is 1.37 bits per heavy atom. The van der Waals surface area contributed by atoms with Crippen LogP contribution >= 0.6 is 46.4 Å². The topological polar surface area (TPSA) is 210 Å². The van der Waals surface area contributed by atoms with Gasteiger partial charge in [0.1, 0.15) is 33.4 Å². The second kappa shape index (κ2) is 27.8. The number of hydrogen-bond acceptors (Lipinski definition) is 14. The third-order valence-electron chi connectivity index (χ3n) is 11.3. The van der Waals surface area contributed by atoms with E-state index in [0.717, 1.165) is 44.3 Å². The molecule has 0 unspecified atom stereocenters. The van der Waals surface area contributed by atoms with Crippen LogP contribution in [-0.4, -0.2) is 157 Å². The lowest BCUT2D eigenvalue weighted by Crippen LogP contribution is -2.50. The van der Waals surface area contributed by atoms with Gasteiger partial charge < -0.3 is 39.5 Å². The van der Waals surface area contributed by atoms with Crippen molar-refractivity contribution in [3.8, 4) is 0 Å². The number of carbonyl (C=O) groups excluding carboxylic acids is 4. The van der Waals surface area contributed by atoms with Crippen molar-refractivity contribution < 1.29 is 50.2 Å². The summed E-state index contributed by atoms with van der Waals surface area (Å²) >= 11 is 23.6. The highest BCUT2D eigenvalue weighted by Gasteiger charge is 2.29. The van der Waals surface area contributed by atoms with Crippen LogP contribution in [0.2, 0.25) is 20.1 Å². The summed E-state index contributed by atoms with van der Waals surface area (Å²) in [6, 6.07) is 24.3. The van der Waals surface area contributed by atoms with E-state index >= 15 is 0 Å². The molecule has 2 N–H and O–H groups in total. The summed E-state index contributed by atoms with van der Waals surface area (Å²) in [6.07, 6.45) is -0.245. The van der Waals surface area contributed by atoms with Crippen LogP contribution in [0.4, 0.5) is 26.7 Å². The molecule has 6 rings (SSSR count). The molecule has 4 aromatic carbocycles. The van der Waals surface area contributed by atoms with E-state index in [4.69, 9.17) is 61.6 Å². The Morgan fingerprint density at radius 1 is 0.600 bits per heavy atom. The van der Waals surface area contributed by atoms with E-state index in [0.29, 0.717) is 39.3 Å². The van der Waals surface area contributed by atoms with E-state index in [1.807, 2.05) is 90.1 Å². The Labute approximate surface area is 461 Å². The van der Waals surface area contributed by atoms with Crippen LogP contribution < -0.4 is 15.5 Å². The zero-order chi connectivity index (χ0) is 55.9. The number of halogens is 4. The van der Waals surface area contributed by atoms with E-state index in [-0.39, 0.29) is 86.9 Å². The number of benzene rings is 4. The Kier molecular flexibility index (Phi) is 23.2. The third-order valence-corrected chi connectivity index (χ3v) is 17.0. The van der Waals surface area contributed by atoms with Crippen molar-refractivity contribution in [2.24, 2.45) is 0 Å². The molecule has 4 aromatic rings. The molecule has 0 aliphatic carbocycles. The normalized spacial score (nSPS) is 14.3. The fourth-order valence-electron chi connectivity index (χ4n) is 7.23. The maximum atomic E-state index is 12.8. The average molecular weight is 1160 g/mol. The maximum absolute atomic E-state index is 12.8. The van der Waals surface area contributed by atoms with Crippen LogP contribution in [-0.2, 0) is 50.3 Å². The first-order chi connectivity index (χ1) is 35.0. The minimum Gasteiger partial charge on any atom is -0.466 e. The molecule has 18 nitrogen and oxygen atoms in total. The van der Waals surface area contributed by atoms with Crippen LogP contribution in [0.5, 0.6) is 0 Å². The second-order valence-corrected chi connectivity index (χ2v) is 25.0. The number of likely N-dealkylation sites (N-methyl/N-ethyl adjacent to an activating group) is 1. The van der Waals surface area contributed by atoms with Crippen LogP contribution in [0.15, 0.2) is 94.7 Å². The molecule has 2 aliphatic heterocycles. The van der Waals surface area contributed by atoms with Gasteiger partial charge in [0.25, 0.3) is 6.47 Å². The standard InChI is InChI=1S/C26H33Cl2N3O5S.C15H23N3O2.C10H11Cl2NO4S/c1-26(2,3)36-25(33)31-16-14-30(15-17-31)20-10-8-19(9-11-20)18-21(32)12-13-29(4)37(34,35)23-7-5-6-22(27)24(23)28;1-15(2,3)20-14(19)18-10-8-17(9-11-18)13-6-4-12(16)5-7-13;1-13(5-6-17-7-14)18(15,16)9-4-2-3-8(11)10(9)12/h5-11H,12-18H2,1-4H3;4-7H,8-11,16H2,1-3H3;2-4,7H,5-6H2,1H3. The Balaban J connectivity index is 0.000000269. The molecular weight excluding hydrogens is 1090 g/mol.